The summed E-state index contributed by atoms with van der Waals surface area (Å²) in [7, 11) is -3.99. The molecule has 0 unspecified atom stereocenters. The van der Waals surface area contributed by atoms with Gasteiger partial charge in [-0.05, 0) is 54.3 Å². The number of carbonyl (C=O) groups is 1. The summed E-state index contributed by atoms with van der Waals surface area (Å²) in [5.74, 6) is 0.637. The quantitative estimate of drug-likeness (QED) is 0.390. The van der Waals surface area contributed by atoms with E-state index in [9.17, 15) is 13.2 Å². The SMILES string of the molecule is Cc1c(Cl)cccc1N(CC(=O)NCCOc1ccccc1C(C)C)S(=O)(=O)c1ccccc1. The van der Waals surface area contributed by atoms with Crippen molar-refractivity contribution in [3.63, 3.8) is 0 Å². The molecule has 1 N–H and O–H groups in total. The second-order valence-electron chi connectivity index (χ2n) is 8.10. The van der Waals surface area contributed by atoms with Crippen molar-refractivity contribution in [2.24, 2.45) is 0 Å². The van der Waals surface area contributed by atoms with Crippen LogP contribution >= 0.6 is 11.6 Å². The van der Waals surface area contributed by atoms with Gasteiger partial charge in [-0.3, -0.25) is 9.10 Å². The van der Waals surface area contributed by atoms with E-state index in [1.165, 1.54) is 12.1 Å². The Hall–Kier alpha value is -3.03. The van der Waals surface area contributed by atoms with Gasteiger partial charge < -0.3 is 10.1 Å². The summed E-state index contributed by atoms with van der Waals surface area (Å²) >= 11 is 6.25. The van der Waals surface area contributed by atoms with Gasteiger partial charge in [0.25, 0.3) is 10.0 Å². The standard InChI is InChI=1S/C26H29ClN2O4S/c1-19(2)22-12-7-8-15-25(22)33-17-16-28-26(30)18-29(24-14-9-13-23(27)20(24)3)34(31,32)21-10-5-4-6-11-21/h4-15,19H,16-18H2,1-3H3,(H,28,30). The Labute approximate surface area is 206 Å². The highest BCUT2D eigenvalue weighted by molar-refractivity contribution is 7.92. The van der Waals surface area contributed by atoms with Crippen molar-refractivity contribution < 1.29 is 17.9 Å². The van der Waals surface area contributed by atoms with E-state index in [1.54, 1.807) is 43.3 Å². The molecule has 6 nitrogen and oxygen atoms in total. The molecule has 0 aliphatic rings. The number of para-hydroxylation sites is 1. The molecule has 0 spiro atoms. The molecule has 3 aromatic carbocycles. The molecule has 3 rings (SSSR count). The minimum absolute atomic E-state index is 0.0933. The first-order valence-electron chi connectivity index (χ1n) is 11.0. The zero-order chi connectivity index (χ0) is 24.7. The average Bonchev–Trinajstić information content (AvgIpc) is 2.83. The predicted molar refractivity (Wildman–Crippen MR) is 136 cm³/mol. The van der Waals surface area contributed by atoms with Crippen molar-refractivity contribution in [1.29, 1.82) is 0 Å². The third-order valence-corrected chi connectivity index (χ3v) is 7.53. The van der Waals surface area contributed by atoms with Crippen molar-refractivity contribution in [3.8, 4) is 5.75 Å². The van der Waals surface area contributed by atoms with Crippen LogP contribution < -0.4 is 14.4 Å². The number of benzene rings is 3. The van der Waals surface area contributed by atoms with Crippen LogP contribution in [0.2, 0.25) is 5.02 Å². The molecular formula is C26H29ClN2O4S. The van der Waals surface area contributed by atoms with Crippen LogP contribution in [0.15, 0.2) is 77.7 Å². The highest BCUT2D eigenvalue weighted by Crippen LogP contribution is 2.30. The molecule has 8 heteroatoms. The van der Waals surface area contributed by atoms with E-state index >= 15 is 0 Å². The van der Waals surface area contributed by atoms with Gasteiger partial charge in [0.1, 0.15) is 18.9 Å². The lowest BCUT2D eigenvalue weighted by molar-refractivity contribution is -0.119. The van der Waals surface area contributed by atoms with Crippen molar-refractivity contribution in [2.45, 2.75) is 31.6 Å². The molecule has 34 heavy (non-hydrogen) atoms. The summed E-state index contributed by atoms with van der Waals surface area (Å²) in [6.07, 6.45) is 0. The zero-order valence-corrected chi connectivity index (χ0v) is 21.1. The van der Waals surface area contributed by atoms with Crippen molar-refractivity contribution in [1.82, 2.24) is 5.32 Å². The molecule has 0 saturated carbocycles. The Kier molecular flexibility index (Phi) is 8.58. The fourth-order valence-corrected chi connectivity index (χ4v) is 5.18. The maximum atomic E-state index is 13.4. The smallest absolute Gasteiger partial charge is 0.264 e. The number of anilines is 1. The number of amides is 1. The van der Waals surface area contributed by atoms with Gasteiger partial charge in [0, 0.05) is 5.02 Å². The molecule has 0 aromatic heterocycles. The summed E-state index contributed by atoms with van der Waals surface area (Å²) in [6, 6.07) is 20.8. The Morgan fingerprint density at radius 3 is 2.38 bits per heavy atom. The number of rotatable bonds is 10. The molecule has 0 aliphatic carbocycles. The molecule has 0 saturated heterocycles. The van der Waals surface area contributed by atoms with E-state index in [0.29, 0.717) is 22.2 Å². The van der Waals surface area contributed by atoms with Gasteiger partial charge in [0.2, 0.25) is 5.91 Å². The van der Waals surface area contributed by atoms with Crippen LogP contribution in [-0.2, 0) is 14.8 Å². The van der Waals surface area contributed by atoms with Gasteiger partial charge in [-0.15, -0.1) is 0 Å². The van der Waals surface area contributed by atoms with Crippen molar-refractivity contribution in [2.75, 3.05) is 24.0 Å². The van der Waals surface area contributed by atoms with Crippen molar-refractivity contribution >= 4 is 33.2 Å². The first-order chi connectivity index (χ1) is 16.2. The first-order valence-corrected chi connectivity index (χ1v) is 12.8. The maximum Gasteiger partial charge on any atom is 0.264 e. The molecule has 180 valence electrons. The fourth-order valence-electron chi connectivity index (χ4n) is 3.51. The monoisotopic (exact) mass is 500 g/mol. The summed E-state index contributed by atoms with van der Waals surface area (Å²) < 4.78 is 33.8. The normalized spacial score (nSPS) is 11.3. The number of nitrogens with zero attached hydrogens (tertiary/aromatic N) is 1. The molecule has 0 radical (unpaired) electrons. The minimum Gasteiger partial charge on any atom is -0.491 e. The van der Waals surface area contributed by atoms with E-state index < -0.39 is 15.9 Å². The molecular weight excluding hydrogens is 472 g/mol. The second kappa shape index (κ2) is 11.4. The number of halogens is 1. The highest BCUT2D eigenvalue weighted by Gasteiger charge is 2.28. The topological polar surface area (TPSA) is 75.7 Å². The lowest BCUT2D eigenvalue weighted by Gasteiger charge is -2.26. The average molecular weight is 501 g/mol. The molecule has 0 atom stereocenters. The van der Waals surface area contributed by atoms with Crippen LogP contribution in [0, 0.1) is 6.92 Å². The zero-order valence-electron chi connectivity index (χ0n) is 19.5. The number of hydrogen-bond acceptors (Lipinski definition) is 4. The van der Waals surface area contributed by atoms with Gasteiger partial charge in [-0.1, -0.05) is 67.9 Å². The van der Waals surface area contributed by atoms with Gasteiger partial charge in [0.15, 0.2) is 0 Å². The van der Waals surface area contributed by atoms with E-state index in [4.69, 9.17) is 16.3 Å². The Bertz CT molecular complexity index is 1230. The third-order valence-electron chi connectivity index (χ3n) is 5.35. The lowest BCUT2D eigenvalue weighted by atomic mass is 10.0. The van der Waals surface area contributed by atoms with Gasteiger partial charge in [-0.2, -0.15) is 0 Å². The van der Waals surface area contributed by atoms with E-state index in [0.717, 1.165) is 15.6 Å². The van der Waals surface area contributed by atoms with Gasteiger partial charge >= 0.3 is 0 Å². The minimum atomic E-state index is -3.99. The van der Waals surface area contributed by atoms with Gasteiger partial charge in [-0.25, -0.2) is 8.42 Å². The largest absolute Gasteiger partial charge is 0.491 e. The maximum absolute atomic E-state index is 13.4. The number of carbonyl (C=O) groups excluding carboxylic acids is 1. The summed E-state index contributed by atoms with van der Waals surface area (Å²) in [4.78, 5) is 12.9. The third kappa shape index (κ3) is 6.10. The van der Waals surface area contributed by atoms with Crippen LogP contribution in [-0.4, -0.2) is 34.0 Å². The molecule has 0 bridgehead atoms. The molecule has 0 heterocycles. The predicted octanol–water partition coefficient (Wildman–Crippen LogP) is 5.16. The van der Waals surface area contributed by atoms with Crippen LogP contribution in [0.5, 0.6) is 5.75 Å². The molecule has 3 aromatic rings. The summed E-state index contributed by atoms with van der Waals surface area (Å²) in [5, 5.41) is 3.18. The number of hydrogen-bond donors (Lipinski definition) is 1. The highest BCUT2D eigenvalue weighted by atomic mass is 35.5. The van der Waals surface area contributed by atoms with E-state index in [-0.39, 0.29) is 24.6 Å². The number of nitrogens with one attached hydrogen (secondary N) is 1. The first kappa shape index (κ1) is 25.6. The van der Waals surface area contributed by atoms with Crippen LogP contribution in [0.3, 0.4) is 0 Å². The second-order valence-corrected chi connectivity index (χ2v) is 10.4. The molecule has 0 fully saturated rings. The Morgan fingerprint density at radius 1 is 1.00 bits per heavy atom. The summed E-state index contributed by atoms with van der Waals surface area (Å²) in [6.45, 7) is 6.01. The number of ether oxygens (including phenoxy) is 1. The van der Waals surface area contributed by atoms with E-state index in [2.05, 4.69) is 19.2 Å². The Balaban J connectivity index is 1.73. The van der Waals surface area contributed by atoms with E-state index in [1.807, 2.05) is 24.3 Å². The fraction of sp³-hybridized carbons (Fsp3) is 0.269. The van der Waals surface area contributed by atoms with Crippen molar-refractivity contribution in [3.05, 3.63) is 88.9 Å². The van der Waals surface area contributed by atoms with Crippen LogP contribution in [0.1, 0.15) is 30.9 Å². The van der Waals surface area contributed by atoms with Crippen LogP contribution in [0.4, 0.5) is 5.69 Å². The molecule has 1 amide bonds. The number of sulfonamides is 1. The Morgan fingerprint density at radius 2 is 1.68 bits per heavy atom. The van der Waals surface area contributed by atoms with Crippen LogP contribution in [0.25, 0.3) is 0 Å². The molecule has 0 aliphatic heterocycles. The summed E-state index contributed by atoms with van der Waals surface area (Å²) in [5.41, 5.74) is 2.02. The van der Waals surface area contributed by atoms with Gasteiger partial charge in [0.05, 0.1) is 17.1 Å². The lowest BCUT2D eigenvalue weighted by Crippen LogP contribution is -2.42.